The summed E-state index contributed by atoms with van der Waals surface area (Å²) in [6.45, 7) is 6.26. The largest absolute Gasteiger partial charge is 0.338 e. The third-order valence-corrected chi connectivity index (χ3v) is 4.90. The first-order valence-corrected chi connectivity index (χ1v) is 9.47. The molecule has 9 heteroatoms. The molecule has 1 fully saturated rings. The molecule has 1 aliphatic rings. The van der Waals surface area contributed by atoms with E-state index < -0.39 is 0 Å². The highest BCUT2D eigenvalue weighted by Crippen LogP contribution is 2.32. The highest BCUT2D eigenvalue weighted by Gasteiger charge is 2.30. The van der Waals surface area contributed by atoms with Crippen LogP contribution in [-0.4, -0.2) is 42.5 Å². The normalized spacial score (nSPS) is 17.1. The van der Waals surface area contributed by atoms with Gasteiger partial charge in [0, 0.05) is 18.7 Å². The van der Waals surface area contributed by atoms with Crippen molar-refractivity contribution in [3.05, 3.63) is 53.3 Å². The van der Waals surface area contributed by atoms with Crippen molar-refractivity contribution in [2.75, 3.05) is 11.9 Å². The highest BCUT2D eigenvalue weighted by atomic mass is 16.5. The van der Waals surface area contributed by atoms with E-state index in [0.29, 0.717) is 29.6 Å². The molecule has 0 radical (unpaired) electrons. The van der Waals surface area contributed by atoms with Crippen molar-refractivity contribution in [2.45, 2.75) is 45.8 Å². The number of aryl methyl sites for hydroxylation is 2. The van der Waals surface area contributed by atoms with Gasteiger partial charge >= 0.3 is 0 Å². The van der Waals surface area contributed by atoms with Crippen LogP contribution in [0.25, 0.3) is 0 Å². The van der Waals surface area contributed by atoms with E-state index in [1.807, 2.05) is 38.1 Å². The number of anilines is 1. The Labute approximate surface area is 162 Å². The summed E-state index contributed by atoms with van der Waals surface area (Å²) in [6, 6.07) is 7.77. The predicted octanol–water partition coefficient (Wildman–Crippen LogP) is 2.58. The topological polar surface area (TPSA) is 102 Å². The van der Waals surface area contributed by atoms with Gasteiger partial charge in [0.05, 0.1) is 12.2 Å². The average molecular weight is 381 g/mol. The first-order valence-electron chi connectivity index (χ1n) is 9.47. The summed E-state index contributed by atoms with van der Waals surface area (Å²) in [5, 5.41) is 14.5. The molecule has 1 aromatic carbocycles. The SMILES string of the molecule is CCn1cc(NC(=O)c2ccc(CN3CCC[C@@H]3c3nc(C)no3)cc2)nn1. The first kappa shape index (κ1) is 18.3. The Hall–Kier alpha value is -3.07. The summed E-state index contributed by atoms with van der Waals surface area (Å²) >= 11 is 0. The van der Waals surface area contributed by atoms with Crippen LogP contribution in [-0.2, 0) is 13.1 Å². The van der Waals surface area contributed by atoms with Crippen LogP contribution in [0.4, 0.5) is 5.82 Å². The first-order chi connectivity index (χ1) is 13.6. The van der Waals surface area contributed by atoms with E-state index >= 15 is 0 Å². The fourth-order valence-electron chi connectivity index (χ4n) is 3.44. The molecule has 3 heterocycles. The molecule has 0 bridgehead atoms. The minimum Gasteiger partial charge on any atom is -0.338 e. The fourth-order valence-corrected chi connectivity index (χ4v) is 3.44. The Morgan fingerprint density at radius 3 is 2.82 bits per heavy atom. The number of aromatic nitrogens is 5. The highest BCUT2D eigenvalue weighted by molar-refractivity contribution is 6.03. The van der Waals surface area contributed by atoms with Gasteiger partial charge in [-0.3, -0.25) is 14.4 Å². The van der Waals surface area contributed by atoms with Gasteiger partial charge < -0.3 is 9.84 Å². The number of nitrogens with zero attached hydrogens (tertiary/aromatic N) is 6. The van der Waals surface area contributed by atoms with Crippen molar-refractivity contribution in [1.82, 2.24) is 30.0 Å². The molecule has 146 valence electrons. The van der Waals surface area contributed by atoms with E-state index in [0.717, 1.165) is 31.5 Å². The maximum Gasteiger partial charge on any atom is 0.256 e. The third-order valence-electron chi connectivity index (χ3n) is 4.90. The van der Waals surface area contributed by atoms with Crippen LogP contribution in [0.1, 0.15) is 53.4 Å². The summed E-state index contributed by atoms with van der Waals surface area (Å²) in [6.07, 6.45) is 3.82. The Bertz CT molecular complexity index is 947. The maximum atomic E-state index is 12.4. The Kier molecular flexibility index (Phi) is 5.16. The van der Waals surface area contributed by atoms with Gasteiger partial charge in [0.1, 0.15) is 0 Å². The van der Waals surface area contributed by atoms with Crippen molar-refractivity contribution in [3.63, 3.8) is 0 Å². The molecule has 4 rings (SSSR count). The van der Waals surface area contributed by atoms with Crippen LogP contribution >= 0.6 is 0 Å². The third kappa shape index (κ3) is 3.94. The molecule has 3 aromatic rings. The van der Waals surface area contributed by atoms with Crippen LogP contribution in [0.3, 0.4) is 0 Å². The molecule has 28 heavy (non-hydrogen) atoms. The van der Waals surface area contributed by atoms with Crippen molar-refractivity contribution < 1.29 is 9.32 Å². The second kappa shape index (κ2) is 7.89. The summed E-state index contributed by atoms with van der Waals surface area (Å²) in [4.78, 5) is 19.1. The lowest BCUT2D eigenvalue weighted by Gasteiger charge is -2.21. The Morgan fingerprint density at radius 2 is 2.14 bits per heavy atom. The number of nitrogens with one attached hydrogen (secondary N) is 1. The summed E-state index contributed by atoms with van der Waals surface area (Å²) < 4.78 is 7.03. The van der Waals surface area contributed by atoms with E-state index in [1.54, 1.807) is 10.9 Å². The number of hydrogen-bond acceptors (Lipinski definition) is 7. The number of amides is 1. The van der Waals surface area contributed by atoms with Crippen molar-refractivity contribution in [3.8, 4) is 0 Å². The van der Waals surface area contributed by atoms with Crippen LogP contribution in [0.5, 0.6) is 0 Å². The second-order valence-electron chi connectivity index (χ2n) is 6.92. The number of hydrogen-bond donors (Lipinski definition) is 1. The number of likely N-dealkylation sites (tertiary alicyclic amines) is 1. The lowest BCUT2D eigenvalue weighted by Crippen LogP contribution is -2.23. The molecule has 1 amide bonds. The number of rotatable bonds is 6. The molecule has 1 aliphatic heterocycles. The van der Waals surface area contributed by atoms with E-state index in [2.05, 4.69) is 30.7 Å². The molecule has 2 aromatic heterocycles. The zero-order valence-corrected chi connectivity index (χ0v) is 16.0. The minimum absolute atomic E-state index is 0.158. The number of benzene rings is 1. The smallest absolute Gasteiger partial charge is 0.256 e. The van der Waals surface area contributed by atoms with Gasteiger partial charge in [-0.25, -0.2) is 0 Å². The molecule has 1 N–H and O–H groups in total. The van der Waals surface area contributed by atoms with Gasteiger partial charge in [-0.15, -0.1) is 5.10 Å². The molecule has 0 saturated carbocycles. The predicted molar refractivity (Wildman–Crippen MR) is 102 cm³/mol. The van der Waals surface area contributed by atoms with Gasteiger partial charge in [-0.2, -0.15) is 4.98 Å². The van der Waals surface area contributed by atoms with Gasteiger partial charge in [-0.05, 0) is 50.9 Å². The van der Waals surface area contributed by atoms with Crippen molar-refractivity contribution >= 4 is 11.7 Å². The van der Waals surface area contributed by atoms with E-state index in [1.165, 1.54) is 0 Å². The summed E-state index contributed by atoms with van der Waals surface area (Å²) in [5.74, 6) is 1.60. The molecule has 0 spiro atoms. The van der Waals surface area contributed by atoms with Crippen LogP contribution in [0.15, 0.2) is 35.0 Å². The van der Waals surface area contributed by atoms with Gasteiger partial charge in [0.15, 0.2) is 11.6 Å². The fraction of sp³-hybridized carbons (Fsp3) is 0.421. The van der Waals surface area contributed by atoms with Gasteiger partial charge in [0.2, 0.25) is 5.89 Å². The number of carbonyl (C=O) groups is 1. The molecule has 1 saturated heterocycles. The molecule has 1 atom stereocenters. The van der Waals surface area contributed by atoms with Crippen LogP contribution in [0.2, 0.25) is 0 Å². The number of carbonyl (C=O) groups excluding carboxylic acids is 1. The average Bonchev–Trinajstić information content (AvgIpc) is 3.43. The molecular formula is C19H23N7O2. The summed E-state index contributed by atoms with van der Waals surface area (Å²) in [7, 11) is 0. The zero-order chi connectivity index (χ0) is 19.5. The molecule has 0 aliphatic carbocycles. The monoisotopic (exact) mass is 381 g/mol. The Morgan fingerprint density at radius 1 is 1.32 bits per heavy atom. The van der Waals surface area contributed by atoms with Gasteiger partial charge in [-0.1, -0.05) is 22.5 Å². The maximum absolute atomic E-state index is 12.4. The van der Waals surface area contributed by atoms with Crippen LogP contribution < -0.4 is 5.32 Å². The molecule has 9 nitrogen and oxygen atoms in total. The lowest BCUT2D eigenvalue weighted by atomic mass is 10.1. The zero-order valence-electron chi connectivity index (χ0n) is 16.0. The second-order valence-corrected chi connectivity index (χ2v) is 6.92. The lowest BCUT2D eigenvalue weighted by molar-refractivity contribution is 0.102. The van der Waals surface area contributed by atoms with E-state index in [-0.39, 0.29) is 11.9 Å². The van der Waals surface area contributed by atoms with Crippen LogP contribution in [0, 0.1) is 6.92 Å². The summed E-state index contributed by atoms with van der Waals surface area (Å²) in [5.41, 5.74) is 1.72. The molecular weight excluding hydrogens is 358 g/mol. The Balaban J connectivity index is 1.39. The van der Waals surface area contributed by atoms with Crippen molar-refractivity contribution in [2.24, 2.45) is 0 Å². The van der Waals surface area contributed by atoms with E-state index in [9.17, 15) is 4.79 Å². The standard InChI is InChI=1S/C19H23N7O2/c1-3-26-12-17(22-24-26)21-18(27)15-8-6-14(7-9-15)11-25-10-4-5-16(25)19-20-13(2)23-28-19/h6-9,12,16H,3-5,10-11H2,1-2H3,(H,21,27)/t16-/m1/s1. The minimum atomic E-state index is -0.199. The molecule has 0 unspecified atom stereocenters. The van der Waals surface area contributed by atoms with Gasteiger partial charge in [0.25, 0.3) is 5.91 Å². The van der Waals surface area contributed by atoms with E-state index in [4.69, 9.17) is 4.52 Å². The quantitative estimate of drug-likeness (QED) is 0.700. The van der Waals surface area contributed by atoms with Crippen molar-refractivity contribution in [1.29, 1.82) is 0 Å².